The molecular formula is C35H57N2O2Zr-. The van der Waals surface area contributed by atoms with Crippen molar-refractivity contribution in [2.75, 3.05) is 0 Å². The van der Waals surface area contributed by atoms with Gasteiger partial charge in [-0.1, -0.05) is 74.4 Å². The van der Waals surface area contributed by atoms with Crippen LogP contribution < -0.4 is 0 Å². The SMILES string of the molecule is CCC(C)N=Cc1cc(C(C)(C)C)cc(C(C)(C)C)c1O.Cc1cc(C=NC(C)C)c(O)c(CC(C)C)c1.[CH3-].[Zr]. The minimum atomic E-state index is -0.0930. The Morgan fingerprint density at radius 2 is 1.30 bits per heavy atom. The van der Waals surface area contributed by atoms with Crippen LogP contribution in [0.25, 0.3) is 0 Å². The number of nitrogens with zero attached hydrogens (tertiary/aromatic N) is 2. The first kappa shape index (κ1) is 40.4. The molecule has 5 heteroatoms. The van der Waals surface area contributed by atoms with E-state index < -0.39 is 0 Å². The van der Waals surface area contributed by atoms with E-state index in [1.54, 1.807) is 6.21 Å². The average molecular weight is 629 g/mol. The number of rotatable bonds is 7. The first-order chi connectivity index (χ1) is 17.4. The summed E-state index contributed by atoms with van der Waals surface area (Å²) in [5, 5.41) is 20.8. The fraction of sp³-hybridized carbons (Fsp3) is 0.571. The van der Waals surface area contributed by atoms with Crippen LogP contribution in [0.4, 0.5) is 0 Å². The Bertz CT molecular complexity index is 1100. The van der Waals surface area contributed by atoms with Crippen LogP contribution in [0.15, 0.2) is 34.3 Å². The predicted octanol–water partition coefficient (Wildman–Crippen LogP) is 9.38. The summed E-state index contributed by atoms with van der Waals surface area (Å²) >= 11 is 0. The van der Waals surface area contributed by atoms with Crippen LogP contribution in [0.5, 0.6) is 11.5 Å². The third-order valence-corrected chi connectivity index (χ3v) is 6.37. The van der Waals surface area contributed by atoms with Crippen molar-refractivity contribution in [2.45, 2.75) is 126 Å². The van der Waals surface area contributed by atoms with Gasteiger partial charge in [-0.25, -0.2) is 0 Å². The van der Waals surface area contributed by atoms with Crippen molar-refractivity contribution in [3.05, 3.63) is 65.1 Å². The molecule has 224 valence electrons. The van der Waals surface area contributed by atoms with Gasteiger partial charge in [-0.05, 0) is 86.1 Å². The molecule has 0 spiro atoms. The van der Waals surface area contributed by atoms with Crippen LogP contribution in [0.1, 0.15) is 123 Å². The molecule has 1 atom stereocenters. The van der Waals surface area contributed by atoms with E-state index in [4.69, 9.17) is 0 Å². The van der Waals surface area contributed by atoms with Crippen LogP contribution in [-0.2, 0) is 43.5 Å². The largest absolute Gasteiger partial charge is 0.507 e. The van der Waals surface area contributed by atoms with Gasteiger partial charge in [0.15, 0.2) is 0 Å². The average Bonchev–Trinajstić information content (AvgIpc) is 2.77. The second-order valence-electron chi connectivity index (χ2n) is 13.3. The van der Waals surface area contributed by atoms with Gasteiger partial charge in [0.25, 0.3) is 0 Å². The Morgan fingerprint density at radius 1 is 0.775 bits per heavy atom. The summed E-state index contributed by atoms with van der Waals surface area (Å²) in [6.07, 6.45) is 5.50. The molecule has 0 bridgehead atoms. The fourth-order valence-electron chi connectivity index (χ4n) is 3.88. The van der Waals surface area contributed by atoms with Crippen LogP contribution in [-0.4, -0.2) is 34.7 Å². The van der Waals surface area contributed by atoms with Crippen molar-refractivity contribution >= 4 is 12.4 Å². The summed E-state index contributed by atoms with van der Waals surface area (Å²) in [4.78, 5) is 8.87. The summed E-state index contributed by atoms with van der Waals surface area (Å²) < 4.78 is 0. The molecular weight excluding hydrogens is 572 g/mol. The Balaban J connectivity index is 0. The molecule has 2 N–H and O–H groups in total. The van der Waals surface area contributed by atoms with Gasteiger partial charge in [0.05, 0.1) is 0 Å². The monoisotopic (exact) mass is 627 g/mol. The van der Waals surface area contributed by atoms with Crippen LogP contribution >= 0.6 is 0 Å². The first-order valence-electron chi connectivity index (χ1n) is 14.1. The number of phenols is 2. The molecule has 0 saturated carbocycles. The van der Waals surface area contributed by atoms with E-state index in [-0.39, 0.29) is 56.5 Å². The van der Waals surface area contributed by atoms with Crippen LogP contribution in [0.2, 0.25) is 0 Å². The zero-order chi connectivity index (χ0) is 29.4. The predicted molar refractivity (Wildman–Crippen MR) is 173 cm³/mol. The molecule has 4 nitrogen and oxygen atoms in total. The van der Waals surface area contributed by atoms with E-state index >= 15 is 0 Å². The van der Waals surface area contributed by atoms with Crippen molar-refractivity contribution in [1.29, 1.82) is 0 Å². The Hall–Kier alpha value is -1.74. The van der Waals surface area contributed by atoms with E-state index in [2.05, 4.69) is 104 Å². The molecule has 2 rings (SSSR count). The van der Waals surface area contributed by atoms with Crippen molar-refractivity contribution in [3.63, 3.8) is 0 Å². The van der Waals surface area contributed by atoms with Crippen molar-refractivity contribution in [3.8, 4) is 11.5 Å². The smallest absolute Gasteiger partial charge is 0.128 e. The molecule has 0 saturated heterocycles. The molecule has 0 radical (unpaired) electrons. The molecule has 2 aromatic carbocycles. The number of hydrogen-bond acceptors (Lipinski definition) is 4. The fourth-order valence-corrected chi connectivity index (χ4v) is 3.88. The molecule has 0 aromatic heterocycles. The molecule has 0 heterocycles. The first-order valence-corrected chi connectivity index (χ1v) is 14.1. The molecule has 0 aliphatic carbocycles. The normalized spacial score (nSPS) is 12.8. The number of phenolic OH excluding ortho intramolecular Hbond substituents is 2. The summed E-state index contributed by atoms with van der Waals surface area (Å²) in [6.45, 7) is 27.6. The molecule has 0 aliphatic rings. The standard InChI is InChI=1S/C19H31NO.C15H23NO.CH3.Zr/c1-9-13(2)20-12-14-10-15(18(3,4)5)11-16(17(14)21)19(6,7)8;1-10(2)6-13-7-12(5)8-14(15(13)17)9-16-11(3)4;;/h10-13,21H,9H2,1-8H3;7-11,17H,6H2,1-5H3;1H3;/q;;-1;. The van der Waals surface area contributed by atoms with E-state index in [1.165, 1.54) is 11.1 Å². The Labute approximate surface area is 266 Å². The van der Waals surface area contributed by atoms with Crippen molar-refractivity contribution in [1.82, 2.24) is 0 Å². The second kappa shape index (κ2) is 17.3. The number of aryl methyl sites for hydroxylation is 1. The van der Waals surface area contributed by atoms with Gasteiger partial charge in [0.1, 0.15) is 11.5 Å². The maximum Gasteiger partial charge on any atom is 0.128 e. The topological polar surface area (TPSA) is 65.2 Å². The van der Waals surface area contributed by atoms with Gasteiger partial charge in [-0.2, -0.15) is 0 Å². The van der Waals surface area contributed by atoms with Gasteiger partial charge in [0.2, 0.25) is 0 Å². The van der Waals surface area contributed by atoms with E-state index in [0.717, 1.165) is 35.1 Å². The van der Waals surface area contributed by atoms with Crippen molar-refractivity contribution in [2.24, 2.45) is 15.9 Å². The minimum absolute atomic E-state index is 0. The summed E-state index contributed by atoms with van der Waals surface area (Å²) in [6, 6.07) is 8.77. The van der Waals surface area contributed by atoms with Gasteiger partial charge in [0, 0.05) is 67.4 Å². The maximum atomic E-state index is 10.6. The zero-order valence-electron chi connectivity index (χ0n) is 27.9. The van der Waals surface area contributed by atoms with E-state index in [1.807, 2.05) is 26.1 Å². The summed E-state index contributed by atoms with van der Waals surface area (Å²) in [5.41, 5.74) is 6.02. The van der Waals surface area contributed by atoms with Crippen molar-refractivity contribution < 1.29 is 36.4 Å². The van der Waals surface area contributed by atoms with Gasteiger partial charge < -0.3 is 17.6 Å². The molecule has 0 fully saturated rings. The number of aliphatic imine (C=N–C) groups is 2. The van der Waals surface area contributed by atoms with Crippen LogP contribution in [0, 0.1) is 20.3 Å². The van der Waals surface area contributed by atoms with E-state index in [9.17, 15) is 10.2 Å². The van der Waals surface area contributed by atoms with E-state index in [0.29, 0.717) is 17.4 Å². The third-order valence-electron chi connectivity index (χ3n) is 6.37. The van der Waals surface area contributed by atoms with Gasteiger partial charge in [-0.15, -0.1) is 0 Å². The molecule has 1 unspecified atom stereocenters. The molecule has 0 amide bonds. The quantitative estimate of drug-likeness (QED) is 0.237. The number of aromatic hydroxyl groups is 2. The molecule has 0 aliphatic heterocycles. The second-order valence-corrected chi connectivity index (χ2v) is 13.3. The minimum Gasteiger partial charge on any atom is -0.507 e. The Kier molecular flexibility index (Phi) is 17.4. The number of benzene rings is 2. The van der Waals surface area contributed by atoms with Crippen LogP contribution in [0.3, 0.4) is 0 Å². The molecule has 40 heavy (non-hydrogen) atoms. The summed E-state index contributed by atoms with van der Waals surface area (Å²) in [5.74, 6) is 1.29. The molecule has 2 aromatic rings. The Morgan fingerprint density at radius 3 is 1.75 bits per heavy atom. The number of hydrogen-bond donors (Lipinski definition) is 2. The summed E-state index contributed by atoms with van der Waals surface area (Å²) in [7, 11) is 0. The van der Waals surface area contributed by atoms with Gasteiger partial charge in [-0.3, -0.25) is 9.98 Å². The van der Waals surface area contributed by atoms with Gasteiger partial charge >= 0.3 is 0 Å². The zero-order valence-corrected chi connectivity index (χ0v) is 30.4. The maximum absolute atomic E-state index is 10.6. The third kappa shape index (κ3) is 13.3.